The Labute approximate surface area is 598 Å². The second-order valence-corrected chi connectivity index (χ2v) is 32.6. The number of anilines is 3. The lowest BCUT2D eigenvalue weighted by molar-refractivity contribution is 0.569. The van der Waals surface area contributed by atoms with Crippen LogP contribution in [-0.4, -0.2) is 11.3 Å². The molecule has 0 N–H and O–H groups in total. The molecule has 2 aliphatic carbocycles. The number of benzene rings is 14. The van der Waals surface area contributed by atoms with Gasteiger partial charge in [-0.3, -0.25) is 0 Å². The molecule has 15 aromatic rings. The maximum absolute atomic E-state index is 2.71. The summed E-state index contributed by atoms with van der Waals surface area (Å²) in [6, 6.07) is 117. The molecule has 0 saturated carbocycles. The summed E-state index contributed by atoms with van der Waals surface area (Å²) in [6.07, 6.45) is 0. The summed E-state index contributed by atoms with van der Waals surface area (Å²) < 4.78 is 2.53. The van der Waals surface area contributed by atoms with Crippen molar-refractivity contribution in [3.8, 4) is 83.6 Å². The van der Waals surface area contributed by atoms with Gasteiger partial charge in [0.1, 0.15) is 0 Å². The molecule has 0 atom stereocenters. The van der Waals surface area contributed by atoms with Crippen molar-refractivity contribution in [1.29, 1.82) is 0 Å². The highest BCUT2D eigenvalue weighted by atomic mass is 32.2. The van der Waals surface area contributed by atoms with Gasteiger partial charge in [0.25, 0.3) is 0 Å². The van der Waals surface area contributed by atoms with Crippen molar-refractivity contribution in [3.05, 3.63) is 342 Å². The quantitative estimate of drug-likeness (QED) is 0.147. The minimum Gasteiger partial charge on any atom is -0.310 e. The van der Waals surface area contributed by atoms with E-state index in [1.807, 2.05) is 11.8 Å². The number of nitrogens with zero attached hydrogens (tertiary/aromatic N) is 2. The molecule has 4 aliphatic rings. The predicted molar refractivity (Wildman–Crippen MR) is 430 cm³/mol. The topological polar surface area (TPSA) is 8.17 Å². The zero-order valence-electron chi connectivity index (χ0n) is 58.7. The van der Waals surface area contributed by atoms with Gasteiger partial charge in [-0.2, -0.15) is 0 Å². The van der Waals surface area contributed by atoms with Gasteiger partial charge in [0.2, 0.25) is 6.71 Å². The molecule has 2 nitrogen and oxygen atoms in total. The Morgan fingerprint density at radius 1 is 0.327 bits per heavy atom. The van der Waals surface area contributed by atoms with Gasteiger partial charge in [0.05, 0.1) is 22.1 Å². The number of fused-ring (bicyclic) bond motifs is 18. The lowest BCUT2D eigenvalue weighted by atomic mass is 9.34. The van der Waals surface area contributed by atoms with Crippen molar-refractivity contribution in [1.82, 2.24) is 4.57 Å². The van der Waals surface area contributed by atoms with Crippen LogP contribution >= 0.6 is 11.8 Å². The normalized spacial score (nSPS) is 13.8. The third-order valence-electron chi connectivity index (χ3n) is 22.5. The summed E-state index contributed by atoms with van der Waals surface area (Å²) in [7, 11) is 0. The summed E-state index contributed by atoms with van der Waals surface area (Å²) >= 11 is 1.98. The summed E-state index contributed by atoms with van der Waals surface area (Å²) in [5.74, 6) is 0. The zero-order chi connectivity index (χ0) is 68.4. The van der Waals surface area contributed by atoms with Crippen LogP contribution in [0.2, 0.25) is 0 Å². The molecule has 2 aliphatic heterocycles. The Hall–Kier alpha value is -10.9. The average Bonchev–Trinajstić information content (AvgIpc) is 1.66. The van der Waals surface area contributed by atoms with E-state index in [-0.39, 0.29) is 23.0 Å². The van der Waals surface area contributed by atoms with E-state index in [0.717, 1.165) is 5.69 Å². The van der Waals surface area contributed by atoms with Crippen molar-refractivity contribution < 1.29 is 0 Å². The van der Waals surface area contributed by atoms with Crippen LogP contribution in [-0.2, 0) is 21.7 Å². The maximum atomic E-state index is 2.71. The number of aromatic nitrogens is 1. The van der Waals surface area contributed by atoms with E-state index >= 15 is 0 Å². The zero-order valence-corrected chi connectivity index (χ0v) is 59.6. The Bertz CT molecular complexity index is 5780. The van der Waals surface area contributed by atoms with Crippen molar-refractivity contribution in [2.45, 2.75) is 93.8 Å². The first-order valence-electron chi connectivity index (χ1n) is 35.9. The second-order valence-electron chi connectivity index (χ2n) is 31.5. The van der Waals surface area contributed by atoms with Crippen molar-refractivity contribution in [3.63, 3.8) is 0 Å². The standard InChI is InChI=1S/C97H77BN2S/c1-94(2,3)67-51-65(52-68(57-67)95(4,5)6)66-55-87-91-88(56-66)101-93-82(98(91)83-54-63(60-29-14-10-15-30-60)45-49-85(83)100(87)92-75(61-31-16-11-17-32-61)58-69(96(7,8)9)59-76(92)62-33-18-12-19-34-62)47-50-86-90(93)77-53-64(46-48-84(77)99(86)70-35-20-13-21-36-70)71-40-28-44-81-89(71)74-39-24-27-43-80(74)97(81)78-41-25-22-37-72(78)73-38-23-26-42-79(73)97/h10-59H,1-9H3. The van der Waals surface area contributed by atoms with E-state index in [2.05, 4.69) is 375 Å². The van der Waals surface area contributed by atoms with Gasteiger partial charge < -0.3 is 9.47 Å². The highest BCUT2D eigenvalue weighted by Crippen LogP contribution is 2.64. The monoisotopic (exact) mass is 1310 g/mol. The lowest BCUT2D eigenvalue weighted by Gasteiger charge is -2.42. The van der Waals surface area contributed by atoms with E-state index in [1.54, 1.807) is 0 Å². The van der Waals surface area contributed by atoms with Gasteiger partial charge in [0, 0.05) is 48.8 Å². The first kappa shape index (κ1) is 61.2. The van der Waals surface area contributed by atoms with Gasteiger partial charge in [-0.1, -0.05) is 322 Å². The van der Waals surface area contributed by atoms with E-state index in [4.69, 9.17) is 0 Å². The highest BCUT2D eigenvalue weighted by Gasteiger charge is 2.52. The predicted octanol–water partition coefficient (Wildman–Crippen LogP) is 24.1. The molecule has 0 bridgehead atoms. The molecular weight excluding hydrogens is 1240 g/mol. The van der Waals surface area contributed by atoms with Crippen molar-refractivity contribution >= 4 is 73.7 Å². The summed E-state index contributed by atoms with van der Waals surface area (Å²) in [5, 5.41) is 2.51. The first-order chi connectivity index (χ1) is 49.0. The van der Waals surface area contributed by atoms with Crippen molar-refractivity contribution in [2.75, 3.05) is 4.90 Å². The number of rotatable bonds is 7. The number of hydrogen-bond acceptors (Lipinski definition) is 2. The number of hydrogen-bond donors (Lipinski definition) is 0. The Morgan fingerprint density at radius 3 is 1.43 bits per heavy atom. The Kier molecular flexibility index (Phi) is 13.7. The van der Waals surface area contributed by atoms with Gasteiger partial charge in [0.15, 0.2) is 0 Å². The number of para-hydroxylation sites is 1. The molecule has 3 heterocycles. The second kappa shape index (κ2) is 22.6. The molecule has 19 rings (SSSR count). The fourth-order valence-corrected chi connectivity index (χ4v) is 18.9. The van der Waals surface area contributed by atoms with Crippen LogP contribution in [0.1, 0.15) is 101 Å². The van der Waals surface area contributed by atoms with Gasteiger partial charge >= 0.3 is 0 Å². The fraction of sp³-hybridized carbons (Fsp3) is 0.134. The Morgan fingerprint density at radius 2 is 0.822 bits per heavy atom. The SMILES string of the molecule is CC(C)(C)c1cc(-c2cc3c4c(c2)N(c2c(-c5ccccc5)cc(C(C)(C)C)cc2-c2ccccc2)c2ccc(-c5ccccc5)cc2B4c2ccc4c(c2S3)c2cc(-c3cccc5c3-c3ccccc3C53c5ccccc5-c5ccccc53)ccc2n4-c2ccccc2)cc(C(C)(C)C)c1. The van der Waals surface area contributed by atoms with E-state index < -0.39 is 5.41 Å². The highest BCUT2D eigenvalue weighted by molar-refractivity contribution is 8.00. The van der Waals surface area contributed by atoms with Crippen LogP contribution < -0.4 is 21.3 Å². The molecule has 1 spiro atoms. The van der Waals surface area contributed by atoms with E-state index in [1.165, 1.54) is 182 Å². The van der Waals surface area contributed by atoms with Crippen LogP contribution in [0.5, 0.6) is 0 Å². The molecule has 4 heteroatoms. The molecule has 0 radical (unpaired) electrons. The molecule has 1 aromatic heterocycles. The summed E-state index contributed by atoms with van der Waals surface area (Å²) in [4.78, 5) is 5.28. The maximum Gasteiger partial charge on any atom is 0.249 e. The largest absolute Gasteiger partial charge is 0.310 e. The van der Waals surface area contributed by atoms with E-state index in [0.29, 0.717) is 0 Å². The molecule has 0 amide bonds. The van der Waals surface area contributed by atoms with Crippen LogP contribution in [0.25, 0.3) is 105 Å². The fourth-order valence-electron chi connectivity index (χ4n) is 17.6. The van der Waals surface area contributed by atoms with Crippen molar-refractivity contribution in [2.24, 2.45) is 0 Å². The van der Waals surface area contributed by atoms with Gasteiger partial charge in [-0.25, -0.2) is 0 Å². The third kappa shape index (κ3) is 9.33. The molecule has 14 aromatic carbocycles. The van der Waals surface area contributed by atoms with E-state index in [9.17, 15) is 0 Å². The molecule has 0 saturated heterocycles. The minimum atomic E-state index is -0.458. The molecule has 484 valence electrons. The van der Waals surface area contributed by atoms with Crippen LogP contribution in [0.4, 0.5) is 17.1 Å². The Balaban J connectivity index is 0.921. The molecule has 0 fully saturated rings. The van der Waals surface area contributed by atoms with Crippen LogP contribution in [0.3, 0.4) is 0 Å². The lowest BCUT2D eigenvalue weighted by Crippen LogP contribution is -2.60. The average molecular weight is 1310 g/mol. The first-order valence-corrected chi connectivity index (χ1v) is 36.7. The summed E-state index contributed by atoms with van der Waals surface area (Å²) in [5.41, 5.74) is 36.9. The summed E-state index contributed by atoms with van der Waals surface area (Å²) in [6.45, 7) is 21.1. The van der Waals surface area contributed by atoms with Gasteiger partial charge in [-0.15, -0.1) is 0 Å². The molecule has 101 heavy (non-hydrogen) atoms. The third-order valence-corrected chi connectivity index (χ3v) is 23.7. The molecule has 0 unspecified atom stereocenters. The van der Waals surface area contributed by atoms with Crippen LogP contribution in [0.15, 0.2) is 313 Å². The van der Waals surface area contributed by atoms with Gasteiger partial charge in [-0.05, 0) is 194 Å². The minimum absolute atomic E-state index is 0.0991. The molecular formula is C97H77BN2S. The smallest absolute Gasteiger partial charge is 0.249 e. The van der Waals surface area contributed by atoms with Crippen LogP contribution in [0, 0.1) is 0 Å².